The third-order valence-corrected chi connectivity index (χ3v) is 2.89. The summed E-state index contributed by atoms with van der Waals surface area (Å²) >= 11 is 3.36. The highest BCUT2D eigenvalue weighted by molar-refractivity contribution is 9.10. The van der Waals surface area contributed by atoms with Gasteiger partial charge in [0.25, 0.3) is 0 Å². The predicted octanol–water partition coefficient (Wildman–Crippen LogP) is 3.89. The van der Waals surface area contributed by atoms with E-state index < -0.39 is 0 Å². The summed E-state index contributed by atoms with van der Waals surface area (Å²) in [6.07, 6.45) is 3.45. The Hall–Kier alpha value is -1.80. The van der Waals surface area contributed by atoms with Crippen LogP contribution >= 0.6 is 15.9 Å². The summed E-state index contributed by atoms with van der Waals surface area (Å²) in [6.45, 7) is 4.08. The Bertz CT molecular complexity index is 599. The van der Waals surface area contributed by atoms with Gasteiger partial charge in [-0.15, -0.1) is 0 Å². The van der Waals surface area contributed by atoms with Gasteiger partial charge in [0.05, 0.1) is 18.0 Å². The molecule has 2 aromatic rings. The molecule has 0 fully saturated rings. The van der Waals surface area contributed by atoms with Gasteiger partial charge in [0.15, 0.2) is 5.75 Å². The number of benzene rings is 1. The molecular weight excluding hydrogens is 294 g/mol. The summed E-state index contributed by atoms with van der Waals surface area (Å²) in [5.74, 6) is 1.15. The number of hydrogen-bond donors (Lipinski definition) is 0. The molecule has 5 heteroatoms. The van der Waals surface area contributed by atoms with Gasteiger partial charge < -0.3 is 4.74 Å². The summed E-state index contributed by atoms with van der Waals surface area (Å²) in [7, 11) is 0. The maximum absolute atomic E-state index is 9.01. The minimum atomic E-state index is 0.278. The van der Waals surface area contributed by atoms with Gasteiger partial charge in [-0.1, -0.05) is 15.9 Å². The molecule has 1 heterocycles. The first-order chi connectivity index (χ1) is 8.60. The van der Waals surface area contributed by atoms with Crippen LogP contribution in [0.4, 0.5) is 0 Å². The van der Waals surface area contributed by atoms with E-state index in [1.54, 1.807) is 23.0 Å². The molecule has 0 atom stereocenters. The molecule has 92 valence electrons. The van der Waals surface area contributed by atoms with E-state index in [-0.39, 0.29) is 6.04 Å². The van der Waals surface area contributed by atoms with E-state index in [4.69, 9.17) is 10.00 Å². The van der Waals surface area contributed by atoms with Gasteiger partial charge in [0, 0.05) is 10.5 Å². The van der Waals surface area contributed by atoms with Crippen LogP contribution in [0, 0.1) is 11.3 Å². The van der Waals surface area contributed by atoms with E-state index in [1.165, 1.54) is 0 Å². The minimum Gasteiger partial charge on any atom is -0.453 e. The molecule has 0 saturated heterocycles. The van der Waals surface area contributed by atoms with Gasteiger partial charge in [0.1, 0.15) is 11.8 Å². The first-order valence-corrected chi connectivity index (χ1v) is 6.31. The van der Waals surface area contributed by atoms with Crippen molar-refractivity contribution in [3.05, 3.63) is 40.6 Å². The molecule has 0 N–H and O–H groups in total. The lowest BCUT2D eigenvalue weighted by molar-refractivity contribution is 0.475. The van der Waals surface area contributed by atoms with Crippen LogP contribution in [0.5, 0.6) is 11.5 Å². The van der Waals surface area contributed by atoms with E-state index in [9.17, 15) is 0 Å². The summed E-state index contributed by atoms with van der Waals surface area (Å²) in [4.78, 5) is 0. The number of aromatic nitrogens is 2. The highest BCUT2D eigenvalue weighted by atomic mass is 79.9. The zero-order valence-electron chi connectivity index (χ0n) is 10.1. The number of nitriles is 1. The molecule has 1 aromatic heterocycles. The maximum Gasteiger partial charge on any atom is 0.165 e. The second-order valence-corrected chi connectivity index (χ2v) is 5.02. The second-order valence-electron chi connectivity index (χ2n) is 4.10. The Morgan fingerprint density at radius 1 is 1.44 bits per heavy atom. The molecule has 0 amide bonds. The standard InChI is InChI=1S/C13H12BrN3O/c1-9(2)17-8-12(7-16-17)18-13-5-11(14)4-3-10(13)6-15/h3-5,7-9H,1-2H3. The van der Waals surface area contributed by atoms with E-state index in [1.807, 2.05) is 26.1 Å². The van der Waals surface area contributed by atoms with Crippen LogP contribution in [0.3, 0.4) is 0 Å². The summed E-state index contributed by atoms with van der Waals surface area (Å²) in [5.41, 5.74) is 0.496. The first kappa shape index (κ1) is 12.7. The van der Waals surface area contributed by atoms with Crippen LogP contribution in [-0.2, 0) is 0 Å². The number of hydrogen-bond acceptors (Lipinski definition) is 3. The lowest BCUT2D eigenvalue weighted by atomic mass is 10.2. The third-order valence-electron chi connectivity index (χ3n) is 2.40. The molecule has 0 radical (unpaired) electrons. The summed E-state index contributed by atoms with van der Waals surface area (Å²) in [5, 5.41) is 13.2. The van der Waals surface area contributed by atoms with Crippen molar-refractivity contribution in [3.8, 4) is 17.6 Å². The lowest BCUT2D eigenvalue weighted by Crippen LogP contribution is -1.99. The van der Waals surface area contributed by atoms with Crippen LogP contribution in [0.2, 0.25) is 0 Å². The zero-order valence-corrected chi connectivity index (χ0v) is 11.7. The van der Waals surface area contributed by atoms with Crippen molar-refractivity contribution in [2.75, 3.05) is 0 Å². The Morgan fingerprint density at radius 2 is 2.22 bits per heavy atom. The second kappa shape index (κ2) is 5.23. The normalized spacial score (nSPS) is 10.4. The van der Waals surface area contributed by atoms with Crippen LogP contribution in [0.15, 0.2) is 35.1 Å². The molecule has 0 spiro atoms. The number of ether oxygens (including phenoxy) is 1. The van der Waals surface area contributed by atoms with Gasteiger partial charge >= 0.3 is 0 Å². The molecule has 0 aliphatic heterocycles. The van der Waals surface area contributed by atoms with Crippen LogP contribution in [0.1, 0.15) is 25.5 Å². The van der Waals surface area contributed by atoms with Gasteiger partial charge in [-0.25, -0.2) is 0 Å². The molecule has 1 aromatic carbocycles. The SMILES string of the molecule is CC(C)n1cc(Oc2cc(Br)ccc2C#N)cn1. The molecule has 2 rings (SSSR count). The molecule has 0 saturated carbocycles. The summed E-state index contributed by atoms with van der Waals surface area (Å²) in [6, 6.07) is 7.67. The fraction of sp³-hybridized carbons (Fsp3) is 0.231. The number of halogens is 1. The topological polar surface area (TPSA) is 50.8 Å². The van der Waals surface area contributed by atoms with Crippen molar-refractivity contribution in [3.63, 3.8) is 0 Å². The molecule has 0 aliphatic rings. The maximum atomic E-state index is 9.01. The van der Waals surface area contributed by atoms with Crippen molar-refractivity contribution in [2.24, 2.45) is 0 Å². The van der Waals surface area contributed by atoms with Crippen molar-refractivity contribution in [1.29, 1.82) is 5.26 Å². The van der Waals surface area contributed by atoms with E-state index >= 15 is 0 Å². The Labute approximate surface area is 114 Å². The molecule has 0 bridgehead atoms. The zero-order chi connectivity index (χ0) is 13.1. The van der Waals surface area contributed by atoms with Crippen molar-refractivity contribution < 1.29 is 4.74 Å². The number of nitrogens with zero attached hydrogens (tertiary/aromatic N) is 3. The molecule has 4 nitrogen and oxygen atoms in total. The number of rotatable bonds is 3. The molecular formula is C13H12BrN3O. The fourth-order valence-corrected chi connectivity index (χ4v) is 1.80. The molecule has 0 aliphatic carbocycles. The Morgan fingerprint density at radius 3 is 2.83 bits per heavy atom. The van der Waals surface area contributed by atoms with Gasteiger partial charge in [-0.3, -0.25) is 4.68 Å². The van der Waals surface area contributed by atoms with E-state index in [0.717, 1.165) is 4.47 Å². The minimum absolute atomic E-state index is 0.278. The van der Waals surface area contributed by atoms with E-state index in [0.29, 0.717) is 17.1 Å². The van der Waals surface area contributed by atoms with Crippen LogP contribution in [-0.4, -0.2) is 9.78 Å². The fourth-order valence-electron chi connectivity index (χ4n) is 1.46. The quantitative estimate of drug-likeness (QED) is 0.864. The molecule has 18 heavy (non-hydrogen) atoms. The molecule has 0 unspecified atom stereocenters. The Balaban J connectivity index is 2.28. The third kappa shape index (κ3) is 2.71. The van der Waals surface area contributed by atoms with Gasteiger partial charge in [-0.05, 0) is 32.0 Å². The monoisotopic (exact) mass is 305 g/mol. The van der Waals surface area contributed by atoms with Crippen molar-refractivity contribution in [2.45, 2.75) is 19.9 Å². The average Bonchev–Trinajstić information content (AvgIpc) is 2.78. The van der Waals surface area contributed by atoms with Gasteiger partial charge in [0.2, 0.25) is 0 Å². The highest BCUT2D eigenvalue weighted by Gasteiger charge is 2.08. The van der Waals surface area contributed by atoms with Crippen molar-refractivity contribution in [1.82, 2.24) is 9.78 Å². The van der Waals surface area contributed by atoms with Gasteiger partial charge in [-0.2, -0.15) is 10.4 Å². The van der Waals surface area contributed by atoms with Crippen LogP contribution < -0.4 is 4.74 Å². The lowest BCUT2D eigenvalue weighted by Gasteiger charge is -2.06. The highest BCUT2D eigenvalue weighted by Crippen LogP contribution is 2.28. The smallest absolute Gasteiger partial charge is 0.165 e. The largest absolute Gasteiger partial charge is 0.453 e. The van der Waals surface area contributed by atoms with E-state index in [2.05, 4.69) is 27.1 Å². The van der Waals surface area contributed by atoms with Crippen LogP contribution in [0.25, 0.3) is 0 Å². The first-order valence-electron chi connectivity index (χ1n) is 5.52. The predicted molar refractivity (Wildman–Crippen MR) is 71.5 cm³/mol. The average molecular weight is 306 g/mol. The summed E-state index contributed by atoms with van der Waals surface area (Å²) < 4.78 is 8.35. The Kier molecular flexibility index (Phi) is 3.68. The van der Waals surface area contributed by atoms with Crippen molar-refractivity contribution >= 4 is 15.9 Å².